The van der Waals surface area contributed by atoms with Gasteiger partial charge >= 0.3 is 18.0 Å². The molecule has 0 radical (unpaired) electrons. The van der Waals surface area contributed by atoms with Crippen molar-refractivity contribution in [1.29, 1.82) is 0 Å². The van der Waals surface area contributed by atoms with E-state index < -0.39 is 23.9 Å². The first-order valence-electron chi connectivity index (χ1n) is 13.0. The van der Waals surface area contributed by atoms with Gasteiger partial charge in [-0.2, -0.15) is 14.4 Å². The van der Waals surface area contributed by atoms with Crippen molar-refractivity contribution in [3.63, 3.8) is 0 Å². The van der Waals surface area contributed by atoms with Crippen LogP contribution in [-0.2, 0) is 19.1 Å². The van der Waals surface area contributed by atoms with E-state index in [4.69, 9.17) is 26.7 Å². The third-order valence-electron chi connectivity index (χ3n) is 6.64. The van der Waals surface area contributed by atoms with E-state index in [-0.39, 0.29) is 36.0 Å². The van der Waals surface area contributed by atoms with E-state index in [0.717, 1.165) is 64.2 Å². The quantitative estimate of drug-likeness (QED) is 0.142. The van der Waals surface area contributed by atoms with Gasteiger partial charge in [-0.1, -0.05) is 57.3 Å². The lowest BCUT2D eigenvalue weighted by Gasteiger charge is -2.23. The number of rotatable bonds is 16. The van der Waals surface area contributed by atoms with Gasteiger partial charge in [0.1, 0.15) is 12.8 Å². The number of ether oxygens (including phenoxy) is 2. The van der Waals surface area contributed by atoms with E-state index >= 15 is 0 Å². The van der Waals surface area contributed by atoms with E-state index in [2.05, 4.69) is 20.9 Å². The molecule has 3 rings (SSSR count). The summed E-state index contributed by atoms with van der Waals surface area (Å²) in [5.41, 5.74) is 5.16. The van der Waals surface area contributed by atoms with Crippen LogP contribution in [0.4, 0.5) is 10.2 Å². The van der Waals surface area contributed by atoms with E-state index in [1.165, 1.54) is 6.33 Å². The van der Waals surface area contributed by atoms with Crippen molar-refractivity contribution < 1.29 is 28.6 Å². The molecule has 11 heteroatoms. The molecule has 0 bridgehead atoms. The van der Waals surface area contributed by atoms with Gasteiger partial charge in [0.15, 0.2) is 22.6 Å². The van der Waals surface area contributed by atoms with Gasteiger partial charge in [-0.3, -0.25) is 14.2 Å². The first-order valence-corrected chi connectivity index (χ1v) is 13.0. The minimum absolute atomic E-state index is 0.0522. The molecule has 0 aliphatic carbocycles. The van der Waals surface area contributed by atoms with Gasteiger partial charge in [0.05, 0.1) is 6.33 Å². The number of aromatic nitrogens is 4. The molecule has 2 aromatic rings. The molecule has 1 saturated heterocycles. The number of carbonyl (C=O) groups excluding carboxylic acids is 1. The standard InChI is InChI=1S/C26H36FN5O5/c1-2-26(16-15-19(37-26)32-18-29-22-23(28)30-25(27)31-24(22)32)17-36-21(35)14-12-10-8-6-4-3-5-7-9-11-13-20(33)34/h1,18-19H,3-17H2,(H,33,34)(H2,28,30,31)/t19-,26+/m1/s1. The monoisotopic (exact) mass is 517 g/mol. The lowest BCUT2D eigenvalue weighted by Crippen LogP contribution is -2.34. The Kier molecular flexibility index (Phi) is 10.6. The molecule has 202 valence electrons. The number of anilines is 1. The highest BCUT2D eigenvalue weighted by Gasteiger charge is 2.41. The highest BCUT2D eigenvalue weighted by molar-refractivity contribution is 5.81. The normalized spacial score (nSPS) is 19.2. The molecule has 0 aromatic carbocycles. The second-order valence-corrected chi connectivity index (χ2v) is 9.54. The summed E-state index contributed by atoms with van der Waals surface area (Å²) in [5, 5.41) is 8.62. The van der Waals surface area contributed by atoms with Crippen LogP contribution in [0.5, 0.6) is 0 Å². The van der Waals surface area contributed by atoms with Crippen molar-refractivity contribution in [3.05, 3.63) is 12.4 Å². The van der Waals surface area contributed by atoms with Crippen molar-refractivity contribution in [2.24, 2.45) is 0 Å². The number of imidazole rings is 1. The topological polar surface area (TPSA) is 142 Å². The van der Waals surface area contributed by atoms with Crippen LogP contribution < -0.4 is 5.73 Å². The molecule has 2 aromatic heterocycles. The summed E-state index contributed by atoms with van der Waals surface area (Å²) in [6.07, 6.45) is 17.5. The molecule has 10 nitrogen and oxygen atoms in total. The number of nitrogens with two attached hydrogens (primary N) is 1. The predicted octanol–water partition coefficient (Wildman–Crippen LogP) is 4.54. The van der Waals surface area contributed by atoms with Crippen molar-refractivity contribution in [3.8, 4) is 12.3 Å². The van der Waals surface area contributed by atoms with Gasteiger partial charge in [-0.05, 0) is 25.7 Å². The molecule has 0 spiro atoms. The molecule has 1 aliphatic rings. The number of fused-ring (bicyclic) bond motifs is 1. The van der Waals surface area contributed by atoms with Gasteiger partial charge in [0.2, 0.25) is 0 Å². The van der Waals surface area contributed by atoms with Crippen LogP contribution in [-0.4, -0.2) is 48.8 Å². The summed E-state index contributed by atoms with van der Waals surface area (Å²) < 4.78 is 26.7. The minimum atomic E-state index is -1.07. The van der Waals surface area contributed by atoms with Gasteiger partial charge in [0, 0.05) is 12.8 Å². The molecule has 0 saturated carbocycles. The van der Waals surface area contributed by atoms with E-state index in [9.17, 15) is 14.0 Å². The average Bonchev–Trinajstić information content (AvgIpc) is 3.48. The first kappa shape index (κ1) is 28.3. The molecular formula is C26H36FN5O5. The van der Waals surface area contributed by atoms with Gasteiger partial charge in [-0.25, -0.2) is 4.98 Å². The Labute approximate surface area is 216 Å². The van der Waals surface area contributed by atoms with Crippen LogP contribution in [0.3, 0.4) is 0 Å². The summed E-state index contributed by atoms with van der Waals surface area (Å²) in [7, 11) is 0. The number of nitrogens with zero attached hydrogens (tertiary/aromatic N) is 4. The molecule has 37 heavy (non-hydrogen) atoms. The number of esters is 1. The molecule has 3 N–H and O–H groups in total. The molecule has 1 fully saturated rings. The molecule has 0 unspecified atom stereocenters. The number of hydrogen-bond acceptors (Lipinski definition) is 8. The van der Waals surface area contributed by atoms with Crippen LogP contribution in [0.2, 0.25) is 0 Å². The SMILES string of the molecule is C#C[C@@]1(COC(=O)CCCCCCCCCCCCC(=O)O)CC[C@H](n2cnc3c(N)nc(F)nc32)O1. The molecule has 1 aliphatic heterocycles. The Bertz CT molecular complexity index is 1100. The minimum Gasteiger partial charge on any atom is -0.481 e. The number of terminal acetylenes is 1. The maximum absolute atomic E-state index is 13.7. The largest absolute Gasteiger partial charge is 0.481 e. The highest BCUT2D eigenvalue weighted by atomic mass is 19.1. The summed E-state index contributed by atoms with van der Waals surface area (Å²) in [4.78, 5) is 34.1. The zero-order chi connectivity index (χ0) is 26.7. The number of nitrogen functional groups attached to an aromatic ring is 1. The fourth-order valence-electron chi connectivity index (χ4n) is 4.54. The fourth-order valence-corrected chi connectivity index (χ4v) is 4.54. The highest BCUT2D eigenvalue weighted by Crippen LogP contribution is 2.38. The van der Waals surface area contributed by atoms with Crippen LogP contribution in [0.25, 0.3) is 11.2 Å². The number of carboxylic acid groups (broad SMARTS) is 1. The van der Waals surface area contributed by atoms with Crippen molar-refractivity contribution in [1.82, 2.24) is 19.5 Å². The number of aliphatic carboxylic acids is 1. The molecular weight excluding hydrogens is 481 g/mol. The van der Waals surface area contributed by atoms with Crippen molar-refractivity contribution in [2.75, 3.05) is 12.3 Å². The Morgan fingerprint density at radius 1 is 1.14 bits per heavy atom. The summed E-state index contributed by atoms with van der Waals surface area (Å²) in [6, 6.07) is 0. The third kappa shape index (κ3) is 8.39. The molecule has 2 atom stereocenters. The molecule has 0 amide bonds. The average molecular weight is 518 g/mol. The van der Waals surface area contributed by atoms with Crippen LogP contribution in [0.1, 0.15) is 96.1 Å². The molecule has 3 heterocycles. The maximum Gasteiger partial charge on any atom is 0.312 e. The Balaban J connectivity index is 1.30. The summed E-state index contributed by atoms with van der Waals surface area (Å²) >= 11 is 0. The lowest BCUT2D eigenvalue weighted by molar-refractivity contribution is -0.152. The predicted molar refractivity (Wildman–Crippen MR) is 135 cm³/mol. The number of halogens is 1. The Morgan fingerprint density at radius 3 is 2.38 bits per heavy atom. The zero-order valence-corrected chi connectivity index (χ0v) is 21.2. The number of carbonyl (C=O) groups is 2. The number of carboxylic acids is 1. The first-order chi connectivity index (χ1) is 17.8. The van der Waals surface area contributed by atoms with Crippen molar-refractivity contribution in [2.45, 2.75) is 102 Å². The van der Waals surface area contributed by atoms with E-state index in [1.54, 1.807) is 4.57 Å². The smallest absolute Gasteiger partial charge is 0.312 e. The van der Waals surface area contributed by atoms with Crippen molar-refractivity contribution >= 4 is 28.9 Å². The number of unbranched alkanes of at least 4 members (excludes halogenated alkanes) is 9. The van der Waals surface area contributed by atoms with Gasteiger partial charge in [-0.15, -0.1) is 6.42 Å². The van der Waals surface area contributed by atoms with E-state index in [0.29, 0.717) is 19.3 Å². The van der Waals surface area contributed by atoms with Crippen LogP contribution in [0, 0.1) is 18.4 Å². The van der Waals surface area contributed by atoms with Crippen LogP contribution in [0.15, 0.2) is 6.33 Å². The fraction of sp³-hybridized carbons (Fsp3) is 0.654. The second kappa shape index (κ2) is 13.9. The van der Waals surface area contributed by atoms with Gasteiger partial charge in [0.25, 0.3) is 0 Å². The third-order valence-corrected chi connectivity index (χ3v) is 6.64. The maximum atomic E-state index is 13.7. The zero-order valence-electron chi connectivity index (χ0n) is 21.2. The van der Waals surface area contributed by atoms with Gasteiger partial charge < -0.3 is 20.3 Å². The van der Waals surface area contributed by atoms with Crippen LogP contribution >= 0.6 is 0 Å². The second-order valence-electron chi connectivity index (χ2n) is 9.54. The number of hydrogen-bond donors (Lipinski definition) is 2. The Morgan fingerprint density at radius 2 is 1.76 bits per heavy atom. The lowest BCUT2D eigenvalue weighted by atomic mass is 10.0. The Hall–Kier alpha value is -3.26. The van der Waals surface area contributed by atoms with E-state index in [1.807, 2.05) is 0 Å². The summed E-state index contributed by atoms with van der Waals surface area (Å²) in [5.74, 6) is 1.54. The summed E-state index contributed by atoms with van der Waals surface area (Å²) in [6.45, 7) is -0.0522.